The fourth-order valence-electron chi connectivity index (χ4n) is 2.17. The third-order valence-electron chi connectivity index (χ3n) is 3.41. The predicted octanol–water partition coefficient (Wildman–Crippen LogP) is 2.97. The summed E-state index contributed by atoms with van der Waals surface area (Å²) in [7, 11) is 0. The lowest BCUT2D eigenvalue weighted by atomic mass is 10.1. The summed E-state index contributed by atoms with van der Waals surface area (Å²) in [6.07, 6.45) is 0.624. The number of nitrogens with one attached hydrogen (secondary N) is 3. The Hall–Kier alpha value is -2.96. The average Bonchev–Trinajstić information content (AvgIpc) is 2.57. The second-order valence-corrected chi connectivity index (χ2v) is 5.49. The first kappa shape index (κ1) is 18.4. The molecule has 0 unspecified atom stereocenters. The minimum absolute atomic E-state index is 0.106. The number of urea groups is 1. The van der Waals surface area contributed by atoms with Gasteiger partial charge in [0.25, 0.3) is 0 Å². The number of carbonyl (C=O) groups excluding carboxylic acids is 2. The molecule has 25 heavy (non-hydrogen) atoms. The lowest BCUT2D eigenvalue weighted by Crippen LogP contribution is -2.36. The molecule has 2 aromatic rings. The number of hydrogen-bond donors (Lipinski definition) is 3. The molecule has 2 aromatic carbocycles. The average molecular weight is 347 g/mol. The van der Waals surface area contributed by atoms with Gasteiger partial charge in [0, 0.05) is 25.7 Å². The Morgan fingerprint density at radius 1 is 0.920 bits per heavy atom. The molecule has 0 atom stereocenters. The summed E-state index contributed by atoms with van der Waals surface area (Å²) in [6, 6.07) is 10.4. The van der Waals surface area contributed by atoms with Crippen LogP contribution in [0.25, 0.3) is 0 Å². The van der Waals surface area contributed by atoms with Gasteiger partial charge in [-0.1, -0.05) is 18.2 Å². The molecule has 0 spiro atoms. The second kappa shape index (κ2) is 8.77. The van der Waals surface area contributed by atoms with Crippen molar-refractivity contribution in [1.29, 1.82) is 0 Å². The van der Waals surface area contributed by atoms with E-state index < -0.39 is 11.6 Å². The molecule has 0 aliphatic heterocycles. The third-order valence-corrected chi connectivity index (χ3v) is 3.41. The van der Waals surface area contributed by atoms with Gasteiger partial charge in [-0.3, -0.25) is 4.79 Å². The lowest BCUT2D eigenvalue weighted by molar-refractivity contribution is -0.114. The van der Waals surface area contributed by atoms with Crippen molar-refractivity contribution in [2.75, 3.05) is 11.9 Å². The van der Waals surface area contributed by atoms with Crippen LogP contribution < -0.4 is 16.0 Å². The quantitative estimate of drug-likeness (QED) is 0.752. The van der Waals surface area contributed by atoms with Gasteiger partial charge in [0.2, 0.25) is 5.91 Å². The maximum atomic E-state index is 13.1. The van der Waals surface area contributed by atoms with Gasteiger partial charge in [-0.25, -0.2) is 13.6 Å². The van der Waals surface area contributed by atoms with Crippen LogP contribution in [-0.4, -0.2) is 18.5 Å². The highest BCUT2D eigenvalue weighted by Gasteiger charge is 2.04. The minimum Gasteiger partial charge on any atom is -0.338 e. The molecule has 132 valence electrons. The molecule has 0 saturated heterocycles. The van der Waals surface area contributed by atoms with E-state index in [2.05, 4.69) is 16.0 Å². The molecule has 3 amide bonds. The van der Waals surface area contributed by atoms with Gasteiger partial charge >= 0.3 is 6.03 Å². The Balaban J connectivity index is 1.71. The van der Waals surface area contributed by atoms with E-state index >= 15 is 0 Å². The highest BCUT2D eigenvalue weighted by Crippen LogP contribution is 2.10. The highest BCUT2D eigenvalue weighted by molar-refractivity contribution is 5.88. The molecule has 0 aliphatic carbocycles. The van der Waals surface area contributed by atoms with Crippen LogP contribution in [0.5, 0.6) is 0 Å². The molecule has 0 radical (unpaired) electrons. The number of anilines is 1. The van der Waals surface area contributed by atoms with Crippen molar-refractivity contribution in [2.45, 2.75) is 19.9 Å². The van der Waals surface area contributed by atoms with Gasteiger partial charge in [0.1, 0.15) is 0 Å². The van der Waals surface area contributed by atoms with Crippen LogP contribution >= 0.6 is 0 Å². The van der Waals surface area contributed by atoms with Gasteiger partial charge in [-0.15, -0.1) is 0 Å². The molecular weight excluding hydrogens is 328 g/mol. The molecule has 5 nitrogen and oxygen atoms in total. The van der Waals surface area contributed by atoms with Crippen LogP contribution in [0.15, 0.2) is 42.5 Å². The van der Waals surface area contributed by atoms with Crippen molar-refractivity contribution in [1.82, 2.24) is 10.6 Å². The van der Waals surface area contributed by atoms with Crippen LogP contribution in [0.3, 0.4) is 0 Å². The van der Waals surface area contributed by atoms with Crippen molar-refractivity contribution in [2.24, 2.45) is 0 Å². The first-order valence-corrected chi connectivity index (χ1v) is 7.76. The maximum absolute atomic E-state index is 13.1. The number of benzene rings is 2. The van der Waals surface area contributed by atoms with Crippen LogP contribution in [0.1, 0.15) is 18.1 Å². The molecule has 0 aliphatic rings. The van der Waals surface area contributed by atoms with Gasteiger partial charge in [0.05, 0.1) is 0 Å². The molecule has 3 N–H and O–H groups in total. The first-order chi connectivity index (χ1) is 11.9. The van der Waals surface area contributed by atoms with Crippen molar-refractivity contribution in [3.8, 4) is 0 Å². The molecular formula is C18H19F2N3O2. The van der Waals surface area contributed by atoms with E-state index in [1.165, 1.54) is 13.0 Å². The van der Waals surface area contributed by atoms with Gasteiger partial charge in [-0.05, 0) is 41.8 Å². The van der Waals surface area contributed by atoms with E-state index in [0.717, 1.165) is 17.7 Å². The summed E-state index contributed by atoms with van der Waals surface area (Å²) >= 11 is 0. The Morgan fingerprint density at radius 3 is 2.24 bits per heavy atom. The zero-order valence-electron chi connectivity index (χ0n) is 13.7. The summed E-state index contributed by atoms with van der Waals surface area (Å²) in [5, 5.41) is 7.94. The van der Waals surface area contributed by atoms with E-state index in [-0.39, 0.29) is 18.5 Å². The molecule has 0 bridgehead atoms. The Labute approximate surface area is 144 Å². The topological polar surface area (TPSA) is 70.2 Å². The fraction of sp³-hybridized carbons (Fsp3) is 0.222. The number of halogens is 2. The van der Waals surface area contributed by atoms with Crippen molar-refractivity contribution >= 4 is 17.6 Å². The molecule has 0 heterocycles. The third kappa shape index (κ3) is 6.21. The normalized spacial score (nSPS) is 10.2. The molecule has 0 aromatic heterocycles. The van der Waals surface area contributed by atoms with Crippen LogP contribution in [0.2, 0.25) is 0 Å². The summed E-state index contributed by atoms with van der Waals surface area (Å²) in [5.41, 5.74) is 2.20. The van der Waals surface area contributed by atoms with E-state index in [1.807, 2.05) is 12.1 Å². The molecule has 2 rings (SSSR count). The number of hydrogen-bond acceptors (Lipinski definition) is 2. The van der Waals surface area contributed by atoms with Gasteiger partial charge in [0.15, 0.2) is 11.6 Å². The van der Waals surface area contributed by atoms with Gasteiger partial charge < -0.3 is 16.0 Å². The maximum Gasteiger partial charge on any atom is 0.315 e. The smallest absolute Gasteiger partial charge is 0.315 e. The molecule has 7 heteroatoms. The van der Waals surface area contributed by atoms with Crippen molar-refractivity contribution in [3.05, 3.63) is 65.2 Å². The Bertz CT molecular complexity index is 748. The van der Waals surface area contributed by atoms with Crippen molar-refractivity contribution < 1.29 is 18.4 Å². The Morgan fingerprint density at radius 2 is 1.60 bits per heavy atom. The minimum atomic E-state index is -0.942. The van der Waals surface area contributed by atoms with Crippen LogP contribution in [0.4, 0.5) is 19.3 Å². The fourth-order valence-corrected chi connectivity index (χ4v) is 2.17. The SMILES string of the molecule is CC(=O)Nc1ccc(CCNC(=O)NCc2ccc(F)c(F)c2)cc1. The van der Waals surface area contributed by atoms with Crippen LogP contribution in [0, 0.1) is 11.6 Å². The molecule has 0 saturated carbocycles. The van der Waals surface area contributed by atoms with Crippen LogP contribution in [-0.2, 0) is 17.8 Å². The summed E-state index contributed by atoms with van der Waals surface area (Å²) in [5.74, 6) is -1.99. The standard InChI is InChI=1S/C18H19F2N3O2/c1-12(24)23-15-5-2-13(3-6-15)8-9-21-18(25)22-11-14-4-7-16(19)17(20)10-14/h2-7,10H,8-9,11H2,1H3,(H,23,24)(H2,21,22,25). The summed E-state index contributed by atoms with van der Waals surface area (Å²) in [6.45, 7) is 1.97. The number of amides is 3. The lowest BCUT2D eigenvalue weighted by Gasteiger charge is -2.09. The number of carbonyl (C=O) groups is 2. The zero-order valence-corrected chi connectivity index (χ0v) is 13.7. The summed E-state index contributed by atoms with van der Waals surface area (Å²) in [4.78, 5) is 22.6. The van der Waals surface area contributed by atoms with E-state index in [9.17, 15) is 18.4 Å². The second-order valence-electron chi connectivity index (χ2n) is 5.49. The zero-order chi connectivity index (χ0) is 18.2. The monoisotopic (exact) mass is 347 g/mol. The van der Waals surface area contributed by atoms with E-state index in [1.54, 1.807) is 12.1 Å². The Kier molecular flexibility index (Phi) is 6.45. The first-order valence-electron chi connectivity index (χ1n) is 7.76. The molecule has 0 fully saturated rings. The van der Waals surface area contributed by atoms with Gasteiger partial charge in [-0.2, -0.15) is 0 Å². The predicted molar refractivity (Wildman–Crippen MR) is 91.0 cm³/mol. The van der Waals surface area contributed by atoms with E-state index in [0.29, 0.717) is 24.2 Å². The summed E-state index contributed by atoms with van der Waals surface area (Å²) < 4.78 is 25.9. The highest BCUT2D eigenvalue weighted by atomic mass is 19.2. The van der Waals surface area contributed by atoms with E-state index in [4.69, 9.17) is 0 Å². The number of rotatable bonds is 6. The largest absolute Gasteiger partial charge is 0.338 e. The van der Waals surface area contributed by atoms with Crippen molar-refractivity contribution in [3.63, 3.8) is 0 Å².